The molecule has 2 unspecified atom stereocenters. The first-order chi connectivity index (χ1) is 7.75. The van der Waals surface area contributed by atoms with Crippen LogP contribution in [0.1, 0.15) is 31.4 Å². The number of nitrogens with one attached hydrogen (secondary N) is 1. The van der Waals surface area contributed by atoms with Crippen LogP contribution >= 0.6 is 0 Å². The Balaban J connectivity index is 1.70. The summed E-state index contributed by atoms with van der Waals surface area (Å²) in [4.78, 5) is 0. The van der Waals surface area contributed by atoms with Gasteiger partial charge in [-0.1, -0.05) is 11.6 Å². The number of hydrogen-bond donors (Lipinski definition) is 2. The molecule has 0 amide bonds. The third kappa shape index (κ3) is 3.02. The number of aromatic nitrogens is 3. The van der Waals surface area contributed by atoms with E-state index in [2.05, 4.69) is 15.6 Å². The zero-order chi connectivity index (χ0) is 11.4. The fourth-order valence-electron chi connectivity index (χ4n) is 2.32. The van der Waals surface area contributed by atoms with Gasteiger partial charge in [0.05, 0.1) is 18.0 Å². The number of rotatable bonds is 4. The molecule has 0 radical (unpaired) electrons. The van der Waals surface area contributed by atoms with Crippen LogP contribution in [0.15, 0.2) is 6.20 Å². The molecule has 0 spiro atoms. The van der Waals surface area contributed by atoms with Gasteiger partial charge in [0.2, 0.25) is 0 Å². The summed E-state index contributed by atoms with van der Waals surface area (Å²) in [6.45, 7) is 1.78. The van der Waals surface area contributed by atoms with Gasteiger partial charge in [0.15, 0.2) is 0 Å². The standard InChI is InChI=1S/C11H20N4O/c1-15-10(8-13-14-15)7-12-6-9-3-2-4-11(16)5-9/h8-9,11-12,16H,2-7H2,1H3. The van der Waals surface area contributed by atoms with E-state index in [0.717, 1.165) is 38.0 Å². The quantitative estimate of drug-likeness (QED) is 0.779. The number of nitrogens with zero attached hydrogens (tertiary/aromatic N) is 3. The second kappa shape index (κ2) is 5.41. The monoisotopic (exact) mass is 224 g/mol. The molecular weight excluding hydrogens is 204 g/mol. The maximum atomic E-state index is 9.56. The van der Waals surface area contributed by atoms with E-state index in [1.807, 2.05) is 7.05 Å². The van der Waals surface area contributed by atoms with Crippen LogP contribution in [-0.4, -0.2) is 32.7 Å². The minimum Gasteiger partial charge on any atom is -0.393 e. The van der Waals surface area contributed by atoms with E-state index in [9.17, 15) is 5.11 Å². The van der Waals surface area contributed by atoms with Crippen LogP contribution in [-0.2, 0) is 13.6 Å². The first-order valence-corrected chi connectivity index (χ1v) is 5.98. The highest BCUT2D eigenvalue weighted by Gasteiger charge is 2.19. The first kappa shape index (κ1) is 11.5. The minimum absolute atomic E-state index is 0.0843. The van der Waals surface area contributed by atoms with Crippen LogP contribution in [0.3, 0.4) is 0 Å². The molecule has 0 aromatic carbocycles. The highest BCUT2D eigenvalue weighted by molar-refractivity contribution is 4.92. The van der Waals surface area contributed by atoms with Crippen LogP contribution in [0.5, 0.6) is 0 Å². The second-order valence-electron chi connectivity index (χ2n) is 4.67. The van der Waals surface area contributed by atoms with Crippen molar-refractivity contribution in [1.29, 1.82) is 0 Å². The lowest BCUT2D eigenvalue weighted by Crippen LogP contribution is -2.29. The molecule has 5 heteroatoms. The lowest BCUT2D eigenvalue weighted by Gasteiger charge is -2.25. The summed E-state index contributed by atoms with van der Waals surface area (Å²) in [5.74, 6) is 0.616. The van der Waals surface area contributed by atoms with Crippen LogP contribution < -0.4 is 5.32 Å². The Bertz CT molecular complexity index is 326. The lowest BCUT2D eigenvalue weighted by molar-refractivity contribution is 0.100. The molecule has 1 aliphatic rings. The van der Waals surface area contributed by atoms with E-state index in [1.165, 1.54) is 6.42 Å². The van der Waals surface area contributed by atoms with Gasteiger partial charge in [0, 0.05) is 13.6 Å². The van der Waals surface area contributed by atoms with Crippen LogP contribution in [0, 0.1) is 5.92 Å². The van der Waals surface area contributed by atoms with Gasteiger partial charge in [-0.25, -0.2) is 0 Å². The molecule has 1 saturated carbocycles. The topological polar surface area (TPSA) is 63.0 Å². The van der Waals surface area contributed by atoms with Gasteiger partial charge in [0.25, 0.3) is 0 Å². The van der Waals surface area contributed by atoms with Gasteiger partial charge in [-0.05, 0) is 31.7 Å². The SMILES string of the molecule is Cn1nncc1CNCC1CCCC(O)C1. The van der Waals surface area contributed by atoms with Crippen molar-refractivity contribution < 1.29 is 5.11 Å². The van der Waals surface area contributed by atoms with Crippen molar-refractivity contribution in [2.45, 2.75) is 38.3 Å². The summed E-state index contributed by atoms with van der Waals surface area (Å²) < 4.78 is 1.78. The highest BCUT2D eigenvalue weighted by Crippen LogP contribution is 2.23. The highest BCUT2D eigenvalue weighted by atomic mass is 16.3. The van der Waals surface area contributed by atoms with Gasteiger partial charge in [-0.2, -0.15) is 0 Å². The van der Waals surface area contributed by atoms with Crippen molar-refractivity contribution >= 4 is 0 Å². The van der Waals surface area contributed by atoms with Crippen LogP contribution in [0.4, 0.5) is 0 Å². The molecule has 2 rings (SSSR count). The zero-order valence-corrected chi connectivity index (χ0v) is 9.76. The van der Waals surface area contributed by atoms with E-state index in [-0.39, 0.29) is 6.10 Å². The van der Waals surface area contributed by atoms with Crippen molar-refractivity contribution in [2.75, 3.05) is 6.54 Å². The number of aliphatic hydroxyl groups excluding tert-OH is 1. The summed E-state index contributed by atoms with van der Waals surface area (Å²) in [6, 6.07) is 0. The summed E-state index contributed by atoms with van der Waals surface area (Å²) in [5.41, 5.74) is 1.09. The molecule has 90 valence electrons. The van der Waals surface area contributed by atoms with Gasteiger partial charge in [0.1, 0.15) is 0 Å². The smallest absolute Gasteiger partial charge is 0.0738 e. The largest absolute Gasteiger partial charge is 0.393 e. The van der Waals surface area contributed by atoms with E-state index < -0.39 is 0 Å². The normalized spacial score (nSPS) is 25.9. The molecule has 1 heterocycles. The minimum atomic E-state index is -0.0843. The van der Waals surface area contributed by atoms with Crippen molar-refractivity contribution in [3.63, 3.8) is 0 Å². The lowest BCUT2D eigenvalue weighted by atomic mass is 9.87. The van der Waals surface area contributed by atoms with Crippen molar-refractivity contribution in [1.82, 2.24) is 20.3 Å². The Morgan fingerprint density at radius 1 is 1.56 bits per heavy atom. The summed E-state index contributed by atoms with van der Waals surface area (Å²) in [6.07, 6.45) is 6.00. The third-order valence-electron chi connectivity index (χ3n) is 3.30. The Morgan fingerprint density at radius 2 is 2.44 bits per heavy atom. The van der Waals surface area contributed by atoms with Crippen molar-refractivity contribution in [2.24, 2.45) is 13.0 Å². The molecule has 0 bridgehead atoms. The number of aryl methyl sites for hydroxylation is 1. The predicted molar refractivity (Wildman–Crippen MR) is 60.7 cm³/mol. The van der Waals surface area contributed by atoms with E-state index >= 15 is 0 Å². The van der Waals surface area contributed by atoms with Crippen molar-refractivity contribution in [3.8, 4) is 0 Å². The maximum Gasteiger partial charge on any atom is 0.0738 e. The van der Waals surface area contributed by atoms with Gasteiger partial charge in [-0.3, -0.25) is 4.68 Å². The predicted octanol–water partition coefficient (Wildman–Crippen LogP) is 0.456. The van der Waals surface area contributed by atoms with E-state index in [0.29, 0.717) is 5.92 Å². The molecule has 1 aromatic rings. The van der Waals surface area contributed by atoms with Gasteiger partial charge < -0.3 is 10.4 Å². The molecule has 2 atom stereocenters. The Morgan fingerprint density at radius 3 is 3.12 bits per heavy atom. The first-order valence-electron chi connectivity index (χ1n) is 5.98. The molecule has 1 aromatic heterocycles. The average Bonchev–Trinajstić information content (AvgIpc) is 2.65. The fraction of sp³-hybridized carbons (Fsp3) is 0.818. The molecule has 16 heavy (non-hydrogen) atoms. The fourth-order valence-corrected chi connectivity index (χ4v) is 2.32. The summed E-state index contributed by atoms with van der Waals surface area (Å²) >= 11 is 0. The van der Waals surface area contributed by atoms with Gasteiger partial charge in [-0.15, -0.1) is 5.10 Å². The zero-order valence-electron chi connectivity index (χ0n) is 9.76. The molecule has 1 aliphatic carbocycles. The molecule has 1 fully saturated rings. The number of aliphatic hydroxyl groups is 1. The van der Waals surface area contributed by atoms with E-state index in [1.54, 1.807) is 10.9 Å². The second-order valence-corrected chi connectivity index (χ2v) is 4.67. The molecule has 0 aliphatic heterocycles. The average molecular weight is 224 g/mol. The maximum absolute atomic E-state index is 9.56. The van der Waals surface area contributed by atoms with Crippen LogP contribution in [0.25, 0.3) is 0 Å². The summed E-state index contributed by atoms with van der Waals surface area (Å²) in [5, 5.41) is 20.7. The number of hydrogen-bond acceptors (Lipinski definition) is 4. The Labute approximate surface area is 95.8 Å². The van der Waals surface area contributed by atoms with Gasteiger partial charge >= 0.3 is 0 Å². The molecule has 0 saturated heterocycles. The third-order valence-corrected chi connectivity index (χ3v) is 3.30. The van der Waals surface area contributed by atoms with Crippen LogP contribution in [0.2, 0.25) is 0 Å². The molecule has 2 N–H and O–H groups in total. The molecule has 5 nitrogen and oxygen atoms in total. The summed E-state index contributed by atoms with van der Waals surface area (Å²) in [7, 11) is 1.90. The van der Waals surface area contributed by atoms with E-state index in [4.69, 9.17) is 0 Å². The Hall–Kier alpha value is -0.940. The molecular formula is C11H20N4O. The van der Waals surface area contributed by atoms with Crippen molar-refractivity contribution in [3.05, 3.63) is 11.9 Å². The Kier molecular flexibility index (Phi) is 3.90.